The fourth-order valence-corrected chi connectivity index (χ4v) is 4.67. The van der Waals surface area contributed by atoms with E-state index in [-0.39, 0.29) is 12.0 Å². The molecule has 0 heterocycles. The summed E-state index contributed by atoms with van der Waals surface area (Å²) in [7, 11) is 1.17. The zero-order valence-electron chi connectivity index (χ0n) is 20.6. The molecule has 0 fully saturated rings. The third kappa shape index (κ3) is 5.47. The fourth-order valence-electron chi connectivity index (χ4n) is 4.67. The second-order valence-electron chi connectivity index (χ2n) is 8.80. The molecule has 38 heavy (non-hydrogen) atoms. The van der Waals surface area contributed by atoms with E-state index in [0.717, 1.165) is 12.1 Å². The number of esters is 1. The summed E-state index contributed by atoms with van der Waals surface area (Å²) in [5, 5.41) is 2.82. The Morgan fingerprint density at radius 3 is 1.58 bits per heavy atom. The first-order chi connectivity index (χ1) is 18.3. The number of hydrogen-bond donors (Lipinski definition) is 1. The van der Waals surface area contributed by atoms with Gasteiger partial charge >= 0.3 is 12.1 Å². The van der Waals surface area contributed by atoms with Crippen molar-refractivity contribution < 1.29 is 27.5 Å². The van der Waals surface area contributed by atoms with Gasteiger partial charge in [0.2, 0.25) is 5.91 Å². The van der Waals surface area contributed by atoms with Crippen molar-refractivity contribution in [2.45, 2.75) is 24.1 Å². The number of benzene rings is 4. The molecule has 0 radical (unpaired) electrons. The van der Waals surface area contributed by atoms with Crippen molar-refractivity contribution >= 4 is 11.9 Å². The smallest absolute Gasteiger partial charge is 0.416 e. The van der Waals surface area contributed by atoms with E-state index in [1.54, 1.807) is 0 Å². The van der Waals surface area contributed by atoms with Crippen LogP contribution in [0.25, 0.3) is 0 Å². The fraction of sp³-hybridized carbons (Fsp3) is 0.161. The molecule has 0 saturated carbocycles. The van der Waals surface area contributed by atoms with Gasteiger partial charge in [-0.15, -0.1) is 0 Å². The average Bonchev–Trinajstić information content (AvgIpc) is 2.94. The van der Waals surface area contributed by atoms with Gasteiger partial charge in [-0.3, -0.25) is 4.79 Å². The number of ether oxygens (including phenoxy) is 1. The van der Waals surface area contributed by atoms with Gasteiger partial charge in [0.25, 0.3) is 0 Å². The summed E-state index contributed by atoms with van der Waals surface area (Å²) >= 11 is 0. The zero-order valence-corrected chi connectivity index (χ0v) is 20.6. The summed E-state index contributed by atoms with van der Waals surface area (Å²) in [5.74, 6) is -1.28. The van der Waals surface area contributed by atoms with Crippen LogP contribution in [0.15, 0.2) is 115 Å². The SMILES string of the molecule is COC(=O)[C@@H](Cc1cccc(C(F)(F)F)c1)NC(=O)C(c1ccccc1)(c1ccccc1)c1ccccc1. The molecular weight excluding hydrogens is 491 g/mol. The van der Waals surface area contributed by atoms with Crippen molar-refractivity contribution in [1.82, 2.24) is 5.32 Å². The Balaban J connectivity index is 1.82. The molecule has 4 rings (SSSR count). The van der Waals surface area contributed by atoms with Crippen molar-refractivity contribution in [3.63, 3.8) is 0 Å². The van der Waals surface area contributed by atoms with Crippen LogP contribution in [0.5, 0.6) is 0 Å². The second-order valence-corrected chi connectivity index (χ2v) is 8.80. The molecule has 0 spiro atoms. The summed E-state index contributed by atoms with van der Waals surface area (Å²) in [6, 6.07) is 30.9. The molecule has 4 aromatic rings. The monoisotopic (exact) mass is 517 g/mol. The standard InChI is InChI=1S/C31H26F3NO3/c1-38-28(36)27(21-22-12-11-19-26(20-22)31(32,33)34)35-29(37)30(23-13-5-2-6-14-23,24-15-7-3-8-16-24)25-17-9-4-10-18-25/h2-20,27H,21H2,1H3,(H,35,37)/t27-/m1/s1. The zero-order chi connectivity index (χ0) is 27.2. The first kappa shape index (κ1) is 26.7. The number of amides is 1. The number of carbonyl (C=O) groups excluding carboxylic acids is 2. The molecule has 0 unspecified atom stereocenters. The first-order valence-corrected chi connectivity index (χ1v) is 12.0. The lowest BCUT2D eigenvalue weighted by molar-refractivity contribution is -0.145. The topological polar surface area (TPSA) is 55.4 Å². The highest BCUT2D eigenvalue weighted by Crippen LogP contribution is 2.40. The lowest BCUT2D eigenvalue weighted by atomic mass is 9.68. The van der Waals surface area contributed by atoms with E-state index in [1.807, 2.05) is 91.0 Å². The molecule has 0 saturated heterocycles. The van der Waals surface area contributed by atoms with Crippen LogP contribution < -0.4 is 5.32 Å². The number of hydrogen-bond acceptors (Lipinski definition) is 3. The van der Waals surface area contributed by atoms with Crippen molar-refractivity contribution in [1.29, 1.82) is 0 Å². The van der Waals surface area contributed by atoms with E-state index >= 15 is 0 Å². The molecular formula is C31H26F3NO3. The lowest BCUT2D eigenvalue weighted by Crippen LogP contribution is -2.52. The summed E-state index contributed by atoms with van der Waals surface area (Å²) in [4.78, 5) is 27.2. The minimum Gasteiger partial charge on any atom is -0.467 e. The van der Waals surface area contributed by atoms with E-state index in [1.165, 1.54) is 19.2 Å². The molecule has 1 amide bonds. The number of nitrogens with one attached hydrogen (secondary N) is 1. The third-order valence-corrected chi connectivity index (χ3v) is 6.45. The number of halogens is 3. The van der Waals surface area contributed by atoms with Crippen LogP contribution >= 0.6 is 0 Å². The molecule has 0 aliphatic carbocycles. The van der Waals surface area contributed by atoms with Crippen molar-refractivity contribution in [3.8, 4) is 0 Å². The maximum Gasteiger partial charge on any atom is 0.416 e. The van der Waals surface area contributed by atoms with E-state index in [4.69, 9.17) is 4.74 Å². The largest absolute Gasteiger partial charge is 0.467 e. The Hall–Kier alpha value is -4.39. The highest BCUT2D eigenvalue weighted by Gasteiger charge is 2.45. The molecule has 4 aromatic carbocycles. The van der Waals surface area contributed by atoms with Gasteiger partial charge in [0.15, 0.2) is 0 Å². The lowest BCUT2D eigenvalue weighted by Gasteiger charge is -2.35. The molecule has 7 heteroatoms. The molecule has 1 N–H and O–H groups in total. The Kier molecular flexibility index (Phi) is 7.96. The minimum atomic E-state index is -4.54. The van der Waals surface area contributed by atoms with Crippen LogP contribution in [-0.4, -0.2) is 25.0 Å². The summed E-state index contributed by atoms with van der Waals surface area (Å²) < 4.78 is 44.8. The highest BCUT2D eigenvalue weighted by atomic mass is 19.4. The third-order valence-electron chi connectivity index (χ3n) is 6.45. The Bertz CT molecular complexity index is 1280. The van der Waals surface area contributed by atoms with Gasteiger partial charge in [-0.25, -0.2) is 4.79 Å². The van der Waals surface area contributed by atoms with E-state index in [0.29, 0.717) is 16.7 Å². The van der Waals surface area contributed by atoms with Gasteiger partial charge in [0.1, 0.15) is 11.5 Å². The molecule has 0 bridgehead atoms. The second kappa shape index (κ2) is 11.3. The van der Waals surface area contributed by atoms with Crippen molar-refractivity contribution in [2.75, 3.05) is 7.11 Å². The first-order valence-electron chi connectivity index (χ1n) is 12.0. The van der Waals surface area contributed by atoms with E-state index < -0.39 is 35.1 Å². The quantitative estimate of drug-likeness (QED) is 0.233. The van der Waals surface area contributed by atoms with Crippen molar-refractivity contribution in [3.05, 3.63) is 143 Å². The minimum absolute atomic E-state index is 0.184. The van der Waals surface area contributed by atoms with E-state index in [9.17, 15) is 22.8 Å². The summed E-state index contributed by atoms with van der Waals surface area (Å²) in [5.41, 5.74) is 0.0364. The van der Waals surface area contributed by atoms with Crippen molar-refractivity contribution in [2.24, 2.45) is 0 Å². The van der Waals surface area contributed by atoms with Crippen LogP contribution in [0.2, 0.25) is 0 Å². The summed E-state index contributed by atoms with van der Waals surface area (Å²) in [6.07, 6.45) is -4.72. The molecule has 194 valence electrons. The van der Waals surface area contributed by atoms with Gasteiger partial charge in [0, 0.05) is 6.42 Å². The van der Waals surface area contributed by atoms with Crippen LogP contribution in [0, 0.1) is 0 Å². The van der Waals surface area contributed by atoms with Gasteiger partial charge in [0.05, 0.1) is 12.7 Å². The van der Waals surface area contributed by atoms with Crippen LogP contribution in [0.1, 0.15) is 27.8 Å². The Morgan fingerprint density at radius 1 is 0.711 bits per heavy atom. The predicted octanol–water partition coefficient (Wildman–Crippen LogP) is 5.94. The van der Waals surface area contributed by atoms with Gasteiger partial charge < -0.3 is 10.1 Å². The normalized spacial score (nSPS) is 12.4. The van der Waals surface area contributed by atoms with Gasteiger partial charge in [-0.05, 0) is 28.3 Å². The van der Waals surface area contributed by atoms with Crippen LogP contribution in [0.4, 0.5) is 13.2 Å². The number of alkyl halides is 3. The van der Waals surface area contributed by atoms with Crippen LogP contribution in [-0.2, 0) is 32.3 Å². The maximum atomic E-state index is 14.4. The number of carbonyl (C=O) groups is 2. The predicted molar refractivity (Wildman–Crippen MR) is 138 cm³/mol. The maximum absolute atomic E-state index is 14.4. The molecule has 4 nitrogen and oxygen atoms in total. The Morgan fingerprint density at radius 2 is 1.16 bits per heavy atom. The molecule has 1 atom stereocenters. The van der Waals surface area contributed by atoms with E-state index in [2.05, 4.69) is 5.32 Å². The average molecular weight is 518 g/mol. The molecule has 0 aromatic heterocycles. The number of rotatable bonds is 8. The van der Waals surface area contributed by atoms with Gasteiger partial charge in [-0.2, -0.15) is 13.2 Å². The summed E-state index contributed by atoms with van der Waals surface area (Å²) in [6.45, 7) is 0. The molecule has 0 aliphatic rings. The highest BCUT2D eigenvalue weighted by molar-refractivity contribution is 5.98. The van der Waals surface area contributed by atoms with Crippen LogP contribution in [0.3, 0.4) is 0 Å². The Labute approximate surface area is 219 Å². The number of methoxy groups -OCH3 is 1. The van der Waals surface area contributed by atoms with Gasteiger partial charge in [-0.1, -0.05) is 109 Å². The molecule has 0 aliphatic heterocycles.